The van der Waals surface area contributed by atoms with Gasteiger partial charge in [0, 0.05) is 20.8 Å². The number of aliphatic carboxylic acids is 1. The van der Waals surface area contributed by atoms with Crippen LogP contribution in [0.15, 0.2) is 15.9 Å². The van der Waals surface area contributed by atoms with Gasteiger partial charge < -0.3 is 5.11 Å². The normalized spacial score (nSPS) is 18.1. The highest BCUT2D eigenvalue weighted by molar-refractivity contribution is 9.10. The number of rotatable bonds is 4. The molecule has 1 atom stereocenters. The van der Waals surface area contributed by atoms with E-state index < -0.39 is 12.0 Å². The number of hydrogen-bond acceptors (Lipinski definition) is 3. The molecule has 76 valence electrons. The largest absolute Gasteiger partial charge is 0.480 e. The molecule has 0 aromatic carbocycles. The van der Waals surface area contributed by atoms with Crippen molar-refractivity contribution in [1.82, 2.24) is 5.32 Å². The number of carboxylic acid groups (broad SMARTS) is 1. The Morgan fingerprint density at radius 2 is 2.43 bits per heavy atom. The summed E-state index contributed by atoms with van der Waals surface area (Å²) in [5.74, 6) is -0.800. The molecule has 0 radical (unpaired) electrons. The van der Waals surface area contributed by atoms with Gasteiger partial charge in [-0.1, -0.05) is 0 Å². The molecular weight excluding hydrogens is 266 g/mol. The Morgan fingerprint density at radius 1 is 1.71 bits per heavy atom. The first-order valence-corrected chi connectivity index (χ1v) is 6.07. The highest BCUT2D eigenvalue weighted by atomic mass is 79.9. The molecular formula is C9H10BrNO2S. The quantitative estimate of drug-likeness (QED) is 0.887. The van der Waals surface area contributed by atoms with Gasteiger partial charge in [-0.3, -0.25) is 10.1 Å². The van der Waals surface area contributed by atoms with E-state index in [2.05, 4.69) is 21.2 Å². The van der Waals surface area contributed by atoms with E-state index in [1.807, 2.05) is 11.4 Å². The summed E-state index contributed by atoms with van der Waals surface area (Å²) in [7, 11) is 0. The summed E-state index contributed by atoms with van der Waals surface area (Å²) in [6.45, 7) is 0. The fourth-order valence-corrected chi connectivity index (χ4v) is 2.74. The zero-order valence-electron chi connectivity index (χ0n) is 7.37. The highest BCUT2D eigenvalue weighted by Crippen LogP contribution is 2.29. The molecule has 0 unspecified atom stereocenters. The number of carboxylic acids is 1. The van der Waals surface area contributed by atoms with E-state index in [1.54, 1.807) is 0 Å². The molecule has 2 rings (SSSR count). The summed E-state index contributed by atoms with van der Waals surface area (Å²) in [5, 5.41) is 14.1. The predicted molar refractivity (Wildman–Crippen MR) is 58.6 cm³/mol. The van der Waals surface area contributed by atoms with E-state index in [-0.39, 0.29) is 0 Å². The smallest absolute Gasteiger partial charge is 0.326 e. The molecule has 0 spiro atoms. The summed E-state index contributed by atoms with van der Waals surface area (Å²) in [4.78, 5) is 11.9. The Morgan fingerprint density at radius 3 is 2.86 bits per heavy atom. The average molecular weight is 276 g/mol. The van der Waals surface area contributed by atoms with Crippen molar-refractivity contribution in [2.45, 2.75) is 24.9 Å². The van der Waals surface area contributed by atoms with E-state index in [4.69, 9.17) is 5.11 Å². The third kappa shape index (κ3) is 2.34. The minimum absolute atomic E-state index is 0.400. The lowest BCUT2D eigenvalue weighted by Gasteiger charge is -2.11. The van der Waals surface area contributed by atoms with Crippen molar-refractivity contribution in [2.24, 2.45) is 0 Å². The van der Waals surface area contributed by atoms with Crippen LogP contribution in [0.25, 0.3) is 0 Å². The van der Waals surface area contributed by atoms with Crippen LogP contribution in [-0.2, 0) is 4.79 Å². The van der Waals surface area contributed by atoms with Crippen LogP contribution >= 0.6 is 27.3 Å². The topological polar surface area (TPSA) is 49.3 Å². The average Bonchev–Trinajstić information content (AvgIpc) is 2.84. The third-order valence-corrected chi connectivity index (χ3v) is 3.86. The Labute approximate surface area is 94.3 Å². The first-order chi connectivity index (χ1) is 6.66. The van der Waals surface area contributed by atoms with Gasteiger partial charge in [0.15, 0.2) is 0 Å². The Kier molecular flexibility index (Phi) is 2.90. The number of carbonyl (C=O) groups is 1. The molecule has 5 heteroatoms. The summed E-state index contributed by atoms with van der Waals surface area (Å²) in [6.07, 6.45) is 2.19. The number of thiophene rings is 1. The molecule has 1 saturated carbocycles. The SMILES string of the molecule is O=C(O)[C@H](NC1CC1)c1cc(Br)cs1. The first kappa shape index (κ1) is 10.1. The van der Waals surface area contributed by atoms with Crippen molar-refractivity contribution in [1.29, 1.82) is 0 Å². The van der Waals surface area contributed by atoms with Crippen LogP contribution in [0.5, 0.6) is 0 Å². The molecule has 14 heavy (non-hydrogen) atoms. The van der Waals surface area contributed by atoms with Gasteiger partial charge in [0.2, 0.25) is 0 Å². The molecule has 0 bridgehead atoms. The van der Waals surface area contributed by atoms with Gasteiger partial charge in [-0.05, 0) is 34.8 Å². The van der Waals surface area contributed by atoms with Gasteiger partial charge in [0.1, 0.15) is 6.04 Å². The van der Waals surface area contributed by atoms with Crippen LogP contribution in [-0.4, -0.2) is 17.1 Å². The molecule has 1 heterocycles. The predicted octanol–water partition coefficient (Wildman–Crippen LogP) is 2.39. The third-order valence-electron chi connectivity index (χ3n) is 2.10. The maximum atomic E-state index is 11.0. The maximum absolute atomic E-state index is 11.0. The minimum atomic E-state index is -0.800. The molecule has 2 N–H and O–H groups in total. The maximum Gasteiger partial charge on any atom is 0.326 e. The minimum Gasteiger partial charge on any atom is -0.480 e. The molecule has 1 aliphatic rings. The lowest BCUT2D eigenvalue weighted by Crippen LogP contribution is -2.29. The van der Waals surface area contributed by atoms with Crippen LogP contribution in [0.3, 0.4) is 0 Å². The van der Waals surface area contributed by atoms with Gasteiger partial charge in [-0.2, -0.15) is 0 Å². The molecule has 3 nitrogen and oxygen atoms in total. The molecule has 1 fully saturated rings. The van der Waals surface area contributed by atoms with E-state index >= 15 is 0 Å². The number of nitrogens with one attached hydrogen (secondary N) is 1. The number of hydrogen-bond donors (Lipinski definition) is 2. The van der Waals surface area contributed by atoms with E-state index in [1.165, 1.54) is 11.3 Å². The number of halogens is 1. The Bertz CT molecular complexity index is 348. The second-order valence-electron chi connectivity index (χ2n) is 3.38. The van der Waals surface area contributed by atoms with Crippen molar-refractivity contribution in [3.8, 4) is 0 Å². The van der Waals surface area contributed by atoms with Crippen LogP contribution in [0.1, 0.15) is 23.8 Å². The fraction of sp³-hybridized carbons (Fsp3) is 0.444. The van der Waals surface area contributed by atoms with Gasteiger partial charge in [-0.15, -0.1) is 11.3 Å². The zero-order chi connectivity index (χ0) is 10.1. The molecule has 0 amide bonds. The van der Waals surface area contributed by atoms with Gasteiger partial charge >= 0.3 is 5.97 Å². The molecule has 0 aliphatic heterocycles. The second kappa shape index (κ2) is 4.00. The second-order valence-corrected chi connectivity index (χ2v) is 5.24. The summed E-state index contributed by atoms with van der Waals surface area (Å²) in [5.41, 5.74) is 0. The monoisotopic (exact) mass is 275 g/mol. The molecule has 1 aliphatic carbocycles. The van der Waals surface area contributed by atoms with Crippen LogP contribution in [0.2, 0.25) is 0 Å². The van der Waals surface area contributed by atoms with Gasteiger partial charge in [0.05, 0.1) is 0 Å². The molecule has 0 saturated heterocycles. The van der Waals surface area contributed by atoms with Gasteiger partial charge in [-0.25, -0.2) is 0 Å². The lowest BCUT2D eigenvalue weighted by atomic mass is 10.2. The van der Waals surface area contributed by atoms with E-state index in [0.29, 0.717) is 6.04 Å². The Balaban J connectivity index is 2.12. The van der Waals surface area contributed by atoms with Crippen molar-refractivity contribution in [2.75, 3.05) is 0 Å². The summed E-state index contributed by atoms with van der Waals surface area (Å²) in [6, 6.07) is 1.72. The van der Waals surface area contributed by atoms with E-state index in [0.717, 1.165) is 22.2 Å². The summed E-state index contributed by atoms with van der Waals surface area (Å²) < 4.78 is 0.946. The van der Waals surface area contributed by atoms with Crippen molar-refractivity contribution >= 4 is 33.2 Å². The first-order valence-electron chi connectivity index (χ1n) is 4.39. The molecule has 1 aromatic rings. The Hall–Kier alpha value is -0.390. The lowest BCUT2D eigenvalue weighted by molar-refractivity contribution is -0.139. The summed E-state index contributed by atoms with van der Waals surface area (Å²) >= 11 is 4.79. The highest BCUT2D eigenvalue weighted by Gasteiger charge is 2.29. The zero-order valence-corrected chi connectivity index (χ0v) is 9.77. The van der Waals surface area contributed by atoms with Crippen molar-refractivity contribution in [3.63, 3.8) is 0 Å². The fourth-order valence-electron chi connectivity index (χ4n) is 1.24. The van der Waals surface area contributed by atoms with E-state index in [9.17, 15) is 4.79 Å². The van der Waals surface area contributed by atoms with Crippen LogP contribution < -0.4 is 5.32 Å². The van der Waals surface area contributed by atoms with Crippen molar-refractivity contribution < 1.29 is 9.90 Å². The van der Waals surface area contributed by atoms with Crippen LogP contribution in [0, 0.1) is 0 Å². The van der Waals surface area contributed by atoms with Crippen molar-refractivity contribution in [3.05, 3.63) is 20.8 Å². The van der Waals surface area contributed by atoms with Gasteiger partial charge in [0.25, 0.3) is 0 Å². The molecule has 1 aromatic heterocycles. The van der Waals surface area contributed by atoms with Crippen LogP contribution in [0.4, 0.5) is 0 Å². The standard InChI is InChI=1S/C9H10BrNO2S/c10-5-3-7(14-4-5)8(9(12)13)11-6-1-2-6/h3-4,6,8,11H,1-2H2,(H,12,13)/t8-/m1/s1.